The summed E-state index contributed by atoms with van der Waals surface area (Å²) in [5, 5.41) is 3.26. The fraction of sp³-hybridized carbons (Fsp3) is 0.435. The molecule has 1 aliphatic heterocycles. The quantitative estimate of drug-likeness (QED) is 0.646. The maximum atomic E-state index is 13.1. The SMILES string of the molecule is CCc1nc(C)c(C(=O)N2CCOC(c3cc(Nc4nc(C)cc(C)n4)cc(C)n3)C2)o1. The third kappa shape index (κ3) is 4.77. The fourth-order valence-corrected chi connectivity index (χ4v) is 3.80. The Morgan fingerprint density at radius 3 is 2.47 bits per heavy atom. The fourth-order valence-electron chi connectivity index (χ4n) is 3.80. The maximum absolute atomic E-state index is 13.1. The first kappa shape index (κ1) is 21.9. The van der Waals surface area contributed by atoms with Crippen molar-refractivity contribution in [3.8, 4) is 0 Å². The highest BCUT2D eigenvalue weighted by Crippen LogP contribution is 2.26. The highest BCUT2D eigenvalue weighted by molar-refractivity contribution is 5.92. The Morgan fingerprint density at radius 2 is 1.78 bits per heavy atom. The van der Waals surface area contributed by atoms with Crippen molar-refractivity contribution in [2.45, 2.75) is 47.1 Å². The van der Waals surface area contributed by atoms with Gasteiger partial charge in [0.2, 0.25) is 11.7 Å². The molecule has 1 amide bonds. The number of amides is 1. The number of hydrogen-bond acceptors (Lipinski definition) is 8. The lowest BCUT2D eigenvalue weighted by atomic mass is 10.1. The van der Waals surface area contributed by atoms with E-state index in [1.807, 2.05) is 45.9 Å². The van der Waals surface area contributed by atoms with Crippen molar-refractivity contribution >= 4 is 17.5 Å². The topological polar surface area (TPSA) is 106 Å². The summed E-state index contributed by atoms with van der Waals surface area (Å²) in [6.45, 7) is 10.8. The average Bonchev–Trinajstić information content (AvgIpc) is 3.13. The van der Waals surface area contributed by atoms with Crippen LogP contribution < -0.4 is 5.32 Å². The molecular weight excluding hydrogens is 408 g/mol. The molecule has 4 heterocycles. The minimum atomic E-state index is -0.345. The van der Waals surface area contributed by atoms with Gasteiger partial charge < -0.3 is 19.4 Å². The molecular formula is C23H28N6O3. The number of ether oxygens (including phenoxy) is 1. The smallest absolute Gasteiger partial charge is 0.291 e. The van der Waals surface area contributed by atoms with Crippen LogP contribution in [0.3, 0.4) is 0 Å². The second-order valence-corrected chi connectivity index (χ2v) is 8.01. The molecule has 9 nitrogen and oxygen atoms in total. The summed E-state index contributed by atoms with van der Waals surface area (Å²) in [5.74, 6) is 1.24. The van der Waals surface area contributed by atoms with Gasteiger partial charge in [0.1, 0.15) is 6.10 Å². The molecule has 0 aromatic carbocycles. The van der Waals surface area contributed by atoms with Crippen LogP contribution in [-0.4, -0.2) is 50.4 Å². The molecule has 1 aliphatic rings. The van der Waals surface area contributed by atoms with Crippen molar-refractivity contribution in [3.63, 3.8) is 0 Å². The number of rotatable bonds is 5. The van der Waals surface area contributed by atoms with Crippen LogP contribution in [0.25, 0.3) is 0 Å². The minimum Gasteiger partial charge on any atom is -0.435 e. The number of carbonyl (C=O) groups excluding carboxylic acids is 1. The Bertz CT molecular complexity index is 1120. The maximum Gasteiger partial charge on any atom is 0.291 e. The summed E-state index contributed by atoms with van der Waals surface area (Å²) >= 11 is 0. The van der Waals surface area contributed by atoms with Crippen LogP contribution in [0.4, 0.5) is 11.6 Å². The molecule has 1 N–H and O–H groups in total. The summed E-state index contributed by atoms with van der Waals surface area (Å²) in [6.07, 6.45) is 0.301. The van der Waals surface area contributed by atoms with E-state index in [9.17, 15) is 4.79 Å². The van der Waals surface area contributed by atoms with Gasteiger partial charge in [-0.3, -0.25) is 9.78 Å². The van der Waals surface area contributed by atoms with Crippen LogP contribution in [0.1, 0.15) is 57.9 Å². The molecule has 32 heavy (non-hydrogen) atoms. The van der Waals surface area contributed by atoms with Gasteiger partial charge in [0.15, 0.2) is 5.89 Å². The van der Waals surface area contributed by atoms with Crippen molar-refractivity contribution < 1.29 is 13.9 Å². The van der Waals surface area contributed by atoms with Crippen LogP contribution in [0, 0.1) is 27.7 Å². The Kier molecular flexibility index (Phi) is 6.18. The highest BCUT2D eigenvalue weighted by Gasteiger charge is 2.30. The van der Waals surface area contributed by atoms with Crippen molar-refractivity contribution in [1.29, 1.82) is 0 Å². The van der Waals surface area contributed by atoms with E-state index in [1.54, 1.807) is 11.8 Å². The third-order valence-electron chi connectivity index (χ3n) is 5.23. The average molecular weight is 437 g/mol. The van der Waals surface area contributed by atoms with E-state index in [0.29, 0.717) is 49.4 Å². The lowest BCUT2D eigenvalue weighted by molar-refractivity contribution is -0.0257. The Labute approximate surface area is 187 Å². The van der Waals surface area contributed by atoms with E-state index in [2.05, 4.69) is 25.3 Å². The number of aryl methyl sites for hydroxylation is 5. The Morgan fingerprint density at radius 1 is 1.06 bits per heavy atom. The second kappa shape index (κ2) is 9.04. The first-order chi connectivity index (χ1) is 15.3. The van der Waals surface area contributed by atoms with Gasteiger partial charge in [-0.05, 0) is 45.9 Å². The third-order valence-corrected chi connectivity index (χ3v) is 5.23. The summed E-state index contributed by atoms with van der Waals surface area (Å²) in [4.78, 5) is 32.7. The molecule has 3 aromatic rings. The van der Waals surface area contributed by atoms with Crippen molar-refractivity contribution in [1.82, 2.24) is 24.8 Å². The molecule has 1 saturated heterocycles. The van der Waals surface area contributed by atoms with E-state index >= 15 is 0 Å². The lowest BCUT2D eigenvalue weighted by Gasteiger charge is -2.32. The number of hydrogen-bond donors (Lipinski definition) is 1. The van der Waals surface area contributed by atoms with Gasteiger partial charge in [-0.15, -0.1) is 0 Å². The number of nitrogens with zero attached hydrogens (tertiary/aromatic N) is 5. The van der Waals surface area contributed by atoms with E-state index in [4.69, 9.17) is 9.15 Å². The monoisotopic (exact) mass is 436 g/mol. The predicted molar refractivity (Wildman–Crippen MR) is 119 cm³/mol. The molecule has 1 fully saturated rings. The predicted octanol–water partition coefficient (Wildman–Crippen LogP) is 3.61. The van der Waals surface area contributed by atoms with Gasteiger partial charge in [0.05, 0.1) is 24.5 Å². The van der Waals surface area contributed by atoms with Crippen LogP contribution in [0.2, 0.25) is 0 Å². The van der Waals surface area contributed by atoms with Crippen molar-refractivity contribution in [3.05, 3.63) is 58.3 Å². The van der Waals surface area contributed by atoms with Crippen molar-refractivity contribution in [2.24, 2.45) is 0 Å². The highest BCUT2D eigenvalue weighted by atomic mass is 16.5. The zero-order valence-corrected chi connectivity index (χ0v) is 19.1. The number of anilines is 2. The zero-order valence-electron chi connectivity index (χ0n) is 19.1. The lowest BCUT2D eigenvalue weighted by Crippen LogP contribution is -2.42. The molecule has 1 unspecified atom stereocenters. The number of nitrogens with one attached hydrogen (secondary N) is 1. The Hall–Kier alpha value is -3.33. The molecule has 0 bridgehead atoms. The summed E-state index contributed by atoms with van der Waals surface area (Å²) in [6, 6.07) is 5.78. The second-order valence-electron chi connectivity index (χ2n) is 8.01. The normalized spacial score (nSPS) is 16.3. The number of oxazole rings is 1. The molecule has 168 valence electrons. The Balaban J connectivity index is 1.54. The van der Waals surface area contributed by atoms with Crippen LogP contribution >= 0.6 is 0 Å². The molecule has 9 heteroatoms. The molecule has 3 aromatic heterocycles. The van der Waals surface area contributed by atoms with Gasteiger partial charge in [-0.2, -0.15) is 0 Å². The van der Waals surface area contributed by atoms with Gasteiger partial charge in [-0.1, -0.05) is 6.92 Å². The number of aromatic nitrogens is 4. The molecule has 0 spiro atoms. The van der Waals surface area contributed by atoms with E-state index in [-0.39, 0.29) is 12.0 Å². The number of morpholine rings is 1. The van der Waals surface area contributed by atoms with Gasteiger partial charge >= 0.3 is 0 Å². The van der Waals surface area contributed by atoms with Crippen molar-refractivity contribution in [2.75, 3.05) is 25.0 Å². The zero-order chi connectivity index (χ0) is 22.8. The molecule has 1 atom stereocenters. The molecule has 0 aliphatic carbocycles. The molecule has 0 saturated carbocycles. The van der Waals surface area contributed by atoms with Crippen LogP contribution in [0.5, 0.6) is 0 Å². The summed E-state index contributed by atoms with van der Waals surface area (Å²) < 4.78 is 11.6. The first-order valence-electron chi connectivity index (χ1n) is 10.8. The van der Waals surface area contributed by atoms with E-state index in [1.165, 1.54) is 0 Å². The number of carbonyl (C=O) groups is 1. The largest absolute Gasteiger partial charge is 0.435 e. The molecule has 4 rings (SSSR count). The van der Waals surface area contributed by atoms with Crippen LogP contribution in [0.15, 0.2) is 22.6 Å². The van der Waals surface area contributed by atoms with E-state index in [0.717, 1.165) is 28.5 Å². The number of pyridine rings is 1. The summed E-state index contributed by atoms with van der Waals surface area (Å²) in [5.41, 5.74) is 4.80. The van der Waals surface area contributed by atoms with Gasteiger partial charge in [0, 0.05) is 35.7 Å². The van der Waals surface area contributed by atoms with Crippen LogP contribution in [-0.2, 0) is 11.2 Å². The van der Waals surface area contributed by atoms with E-state index < -0.39 is 0 Å². The standard InChI is InChI=1S/C23H28N6O3/c1-6-20-27-16(5)21(32-20)22(30)29-7-8-31-19(12-29)18-11-17(10-15(4)24-18)28-23-25-13(2)9-14(3)26-23/h9-11,19H,6-8,12H2,1-5H3,(H,24,25,26,28). The minimum absolute atomic E-state index is 0.169. The first-order valence-corrected chi connectivity index (χ1v) is 10.8. The molecule has 0 radical (unpaired) electrons. The van der Waals surface area contributed by atoms with Gasteiger partial charge in [-0.25, -0.2) is 15.0 Å². The van der Waals surface area contributed by atoms with Gasteiger partial charge in [0.25, 0.3) is 5.91 Å². The summed E-state index contributed by atoms with van der Waals surface area (Å²) in [7, 11) is 0.